The first-order valence-corrected chi connectivity index (χ1v) is 11.1. The van der Waals surface area contributed by atoms with Gasteiger partial charge in [-0.3, -0.25) is 4.79 Å². The summed E-state index contributed by atoms with van der Waals surface area (Å²) in [6.45, 7) is 6.19. The highest BCUT2D eigenvalue weighted by atomic mass is 19.1. The number of hydrogen-bond donors (Lipinski definition) is 1. The van der Waals surface area contributed by atoms with Crippen LogP contribution in [-0.2, 0) is 4.79 Å². The minimum Gasteiger partial charge on any atom is -0.497 e. The SMILES string of the molecule is C=C(/C=C(/c1ccc(C#N)c(F)c1)N(C)c1ccc(OC)cc1)C(=O)NC1CCCC(C)C1. The van der Waals surface area contributed by atoms with Gasteiger partial charge in [-0.05, 0) is 61.2 Å². The van der Waals surface area contributed by atoms with E-state index >= 15 is 0 Å². The van der Waals surface area contributed by atoms with Gasteiger partial charge in [0.25, 0.3) is 5.91 Å². The number of rotatable bonds is 7. The fourth-order valence-corrected chi connectivity index (χ4v) is 4.16. The van der Waals surface area contributed by atoms with Gasteiger partial charge in [0.15, 0.2) is 0 Å². The Balaban J connectivity index is 1.92. The average molecular weight is 448 g/mol. The van der Waals surface area contributed by atoms with Gasteiger partial charge in [-0.2, -0.15) is 5.26 Å². The van der Waals surface area contributed by atoms with E-state index in [1.54, 1.807) is 19.3 Å². The van der Waals surface area contributed by atoms with Crippen molar-refractivity contribution in [3.8, 4) is 11.8 Å². The van der Waals surface area contributed by atoms with Crippen molar-refractivity contribution in [3.63, 3.8) is 0 Å². The average Bonchev–Trinajstić information content (AvgIpc) is 2.82. The number of nitriles is 1. The van der Waals surface area contributed by atoms with Gasteiger partial charge in [0.1, 0.15) is 17.6 Å². The molecule has 0 bridgehead atoms. The fourth-order valence-electron chi connectivity index (χ4n) is 4.16. The second-order valence-corrected chi connectivity index (χ2v) is 8.56. The summed E-state index contributed by atoms with van der Waals surface area (Å²) < 4.78 is 19.7. The summed E-state index contributed by atoms with van der Waals surface area (Å²) in [6, 6.07) is 13.8. The molecule has 0 heterocycles. The van der Waals surface area contributed by atoms with Gasteiger partial charge in [0.2, 0.25) is 0 Å². The number of nitrogens with one attached hydrogen (secondary N) is 1. The maximum absolute atomic E-state index is 14.4. The van der Waals surface area contributed by atoms with Crippen molar-refractivity contribution in [2.75, 3.05) is 19.1 Å². The molecule has 33 heavy (non-hydrogen) atoms. The predicted molar refractivity (Wildman–Crippen MR) is 129 cm³/mol. The molecule has 2 atom stereocenters. The van der Waals surface area contributed by atoms with Gasteiger partial charge in [-0.25, -0.2) is 4.39 Å². The van der Waals surface area contributed by atoms with Gasteiger partial charge in [-0.1, -0.05) is 32.4 Å². The molecule has 1 fully saturated rings. The lowest BCUT2D eigenvalue weighted by molar-refractivity contribution is -0.118. The van der Waals surface area contributed by atoms with Gasteiger partial charge >= 0.3 is 0 Å². The van der Waals surface area contributed by atoms with Crippen LogP contribution in [0.3, 0.4) is 0 Å². The molecule has 0 radical (unpaired) electrons. The number of carbonyl (C=O) groups excluding carboxylic acids is 1. The molecule has 2 unspecified atom stereocenters. The maximum atomic E-state index is 14.4. The Hall–Kier alpha value is -3.59. The Kier molecular flexibility index (Phi) is 7.89. The summed E-state index contributed by atoms with van der Waals surface area (Å²) in [7, 11) is 3.43. The molecule has 0 spiro atoms. The van der Waals surface area contributed by atoms with Gasteiger partial charge < -0.3 is 15.0 Å². The number of anilines is 1. The third-order valence-corrected chi connectivity index (χ3v) is 6.08. The zero-order valence-electron chi connectivity index (χ0n) is 19.4. The summed E-state index contributed by atoms with van der Waals surface area (Å²) >= 11 is 0. The van der Waals surface area contributed by atoms with Crippen LogP contribution in [0.1, 0.15) is 43.7 Å². The molecule has 2 aromatic carbocycles. The number of benzene rings is 2. The van der Waals surface area contributed by atoms with Gasteiger partial charge in [-0.15, -0.1) is 0 Å². The van der Waals surface area contributed by atoms with Crippen molar-refractivity contribution in [1.29, 1.82) is 5.26 Å². The molecule has 6 heteroatoms. The van der Waals surface area contributed by atoms with E-state index in [0.29, 0.717) is 22.9 Å². The molecule has 3 rings (SSSR count). The van der Waals surface area contributed by atoms with E-state index in [1.807, 2.05) is 42.3 Å². The van der Waals surface area contributed by atoms with E-state index in [9.17, 15) is 9.18 Å². The van der Waals surface area contributed by atoms with Crippen LogP contribution < -0.4 is 15.0 Å². The quantitative estimate of drug-likeness (QED) is 0.454. The minimum absolute atomic E-state index is 0.0341. The highest BCUT2D eigenvalue weighted by molar-refractivity contribution is 5.98. The van der Waals surface area contributed by atoms with Crippen LogP contribution in [0.2, 0.25) is 0 Å². The van der Waals surface area contributed by atoms with Crippen molar-refractivity contribution >= 4 is 17.3 Å². The van der Waals surface area contributed by atoms with Gasteiger partial charge in [0, 0.05) is 35.6 Å². The highest BCUT2D eigenvalue weighted by Gasteiger charge is 2.22. The summed E-state index contributed by atoms with van der Waals surface area (Å²) in [5.74, 6) is 0.456. The van der Waals surface area contributed by atoms with E-state index in [4.69, 9.17) is 10.00 Å². The number of hydrogen-bond acceptors (Lipinski definition) is 4. The third kappa shape index (κ3) is 6.01. The normalized spacial score (nSPS) is 18.2. The second-order valence-electron chi connectivity index (χ2n) is 8.56. The topological polar surface area (TPSA) is 65.4 Å². The van der Waals surface area contributed by atoms with Crippen LogP contribution in [0.5, 0.6) is 5.75 Å². The molecule has 1 aliphatic rings. The predicted octanol–water partition coefficient (Wildman–Crippen LogP) is 5.43. The number of nitrogens with zero attached hydrogens (tertiary/aromatic N) is 2. The number of amides is 1. The van der Waals surface area contributed by atoms with Gasteiger partial charge in [0.05, 0.1) is 12.7 Å². The lowest BCUT2D eigenvalue weighted by Crippen LogP contribution is -2.38. The van der Waals surface area contributed by atoms with Crippen LogP contribution in [0, 0.1) is 23.1 Å². The molecule has 0 aromatic heterocycles. The number of ether oxygens (including phenoxy) is 1. The van der Waals surface area contributed by atoms with Crippen LogP contribution in [0.15, 0.2) is 60.7 Å². The first-order chi connectivity index (χ1) is 15.8. The third-order valence-electron chi connectivity index (χ3n) is 6.08. The fraction of sp³-hybridized carbons (Fsp3) is 0.333. The molecule has 5 nitrogen and oxygen atoms in total. The van der Waals surface area contributed by atoms with Crippen LogP contribution in [0.4, 0.5) is 10.1 Å². The van der Waals surface area contributed by atoms with Crippen LogP contribution in [-0.4, -0.2) is 26.1 Å². The zero-order chi connectivity index (χ0) is 24.0. The van der Waals surface area contributed by atoms with E-state index < -0.39 is 5.82 Å². The first kappa shape index (κ1) is 24.1. The lowest BCUT2D eigenvalue weighted by atomic mass is 9.87. The Morgan fingerprint density at radius 1 is 1.27 bits per heavy atom. The molecule has 1 saturated carbocycles. The molecular weight excluding hydrogens is 417 g/mol. The minimum atomic E-state index is -0.615. The summed E-state index contributed by atoms with van der Waals surface area (Å²) in [5, 5.41) is 12.2. The summed E-state index contributed by atoms with van der Waals surface area (Å²) in [4.78, 5) is 14.7. The van der Waals surface area contributed by atoms with Crippen molar-refractivity contribution in [1.82, 2.24) is 5.32 Å². The highest BCUT2D eigenvalue weighted by Crippen LogP contribution is 2.29. The standard InChI is InChI=1S/C27H30FN3O2/c1-18-6-5-7-22(14-18)30-27(32)19(2)15-26(20-8-9-21(17-29)25(28)16-20)31(3)23-10-12-24(33-4)13-11-23/h8-13,15-16,18,22H,2,5-7,14H2,1,3-4H3,(H,30,32)/b26-15-. The summed E-state index contributed by atoms with van der Waals surface area (Å²) in [6.07, 6.45) is 5.88. The van der Waals surface area contributed by atoms with E-state index in [0.717, 1.165) is 24.9 Å². The molecule has 172 valence electrons. The Morgan fingerprint density at radius 3 is 2.61 bits per heavy atom. The molecule has 2 aromatic rings. The largest absolute Gasteiger partial charge is 0.497 e. The molecule has 0 aliphatic heterocycles. The second kappa shape index (κ2) is 10.8. The van der Waals surface area contributed by atoms with Crippen molar-refractivity contribution in [2.24, 2.45) is 5.92 Å². The Bertz CT molecular complexity index is 1090. The zero-order valence-corrected chi connectivity index (χ0v) is 19.4. The number of methoxy groups -OCH3 is 1. The molecule has 1 aliphatic carbocycles. The molecule has 0 saturated heterocycles. The van der Waals surface area contributed by atoms with E-state index in [-0.39, 0.29) is 23.1 Å². The maximum Gasteiger partial charge on any atom is 0.250 e. The smallest absolute Gasteiger partial charge is 0.250 e. The van der Waals surface area contributed by atoms with Crippen LogP contribution >= 0.6 is 0 Å². The molecule has 1 N–H and O–H groups in total. The van der Waals surface area contributed by atoms with E-state index in [1.165, 1.54) is 18.6 Å². The van der Waals surface area contributed by atoms with Crippen molar-refractivity contribution in [3.05, 3.63) is 77.6 Å². The Labute approximate surface area is 195 Å². The first-order valence-electron chi connectivity index (χ1n) is 11.1. The lowest BCUT2D eigenvalue weighted by Gasteiger charge is -2.28. The van der Waals surface area contributed by atoms with Crippen molar-refractivity contribution in [2.45, 2.75) is 38.6 Å². The molecule has 1 amide bonds. The van der Waals surface area contributed by atoms with Crippen molar-refractivity contribution < 1.29 is 13.9 Å². The van der Waals surface area contributed by atoms with Crippen LogP contribution in [0.25, 0.3) is 5.70 Å². The monoisotopic (exact) mass is 447 g/mol. The number of halogens is 1. The summed E-state index contributed by atoms with van der Waals surface area (Å²) in [5.41, 5.74) is 2.19. The number of carbonyl (C=O) groups is 1. The Morgan fingerprint density at radius 2 is 2.00 bits per heavy atom. The van der Waals surface area contributed by atoms with E-state index in [2.05, 4.69) is 18.8 Å². The molecular formula is C27H30FN3O2.